The summed E-state index contributed by atoms with van der Waals surface area (Å²) >= 11 is 0. The van der Waals surface area contributed by atoms with Crippen molar-refractivity contribution < 1.29 is 33.4 Å². The third kappa shape index (κ3) is 4.48. The molecule has 1 unspecified atom stereocenters. The highest BCUT2D eigenvalue weighted by molar-refractivity contribution is 6.46. The standard InChI is InChI=1S/C26H21FN2O6/c1-34-20-10-9-18(12-19(20)27)23(30)21-22(16-5-7-17(8-6-16)26(33)35-2)29(25(32)24(21)31)14-15-4-3-11-28-13-15/h3-13,22,30H,14H2,1-2H3. The van der Waals surface area contributed by atoms with Crippen LogP contribution >= 0.6 is 0 Å². The monoisotopic (exact) mass is 476 g/mol. The molecule has 1 aliphatic rings. The number of halogens is 1. The van der Waals surface area contributed by atoms with Crippen molar-refractivity contribution in [2.75, 3.05) is 14.2 Å². The molecule has 4 rings (SSSR count). The van der Waals surface area contributed by atoms with Crippen LogP contribution in [-0.4, -0.2) is 46.9 Å². The normalized spacial score (nSPS) is 16.9. The number of ketones is 1. The lowest BCUT2D eigenvalue weighted by atomic mass is 9.94. The van der Waals surface area contributed by atoms with Gasteiger partial charge in [-0.15, -0.1) is 0 Å². The van der Waals surface area contributed by atoms with Gasteiger partial charge in [-0.1, -0.05) is 18.2 Å². The molecule has 0 bridgehead atoms. The van der Waals surface area contributed by atoms with E-state index in [1.807, 2.05) is 0 Å². The van der Waals surface area contributed by atoms with Gasteiger partial charge in [-0.2, -0.15) is 0 Å². The molecule has 1 N–H and O–H groups in total. The van der Waals surface area contributed by atoms with Gasteiger partial charge in [0.25, 0.3) is 11.7 Å². The summed E-state index contributed by atoms with van der Waals surface area (Å²) in [6.07, 6.45) is 3.15. The molecule has 0 radical (unpaired) electrons. The number of hydrogen-bond acceptors (Lipinski definition) is 7. The van der Waals surface area contributed by atoms with E-state index in [0.717, 1.165) is 6.07 Å². The van der Waals surface area contributed by atoms with E-state index in [2.05, 4.69) is 4.98 Å². The number of pyridine rings is 1. The predicted molar refractivity (Wildman–Crippen MR) is 123 cm³/mol. The van der Waals surface area contributed by atoms with E-state index >= 15 is 0 Å². The molecule has 1 amide bonds. The maximum atomic E-state index is 14.3. The minimum Gasteiger partial charge on any atom is -0.507 e. The molecule has 1 fully saturated rings. The summed E-state index contributed by atoms with van der Waals surface area (Å²) in [6.45, 7) is 0.0373. The molecule has 0 saturated carbocycles. The molecule has 178 valence electrons. The van der Waals surface area contributed by atoms with Gasteiger partial charge in [-0.25, -0.2) is 9.18 Å². The lowest BCUT2D eigenvalue weighted by Gasteiger charge is -2.25. The summed E-state index contributed by atoms with van der Waals surface area (Å²) in [5.74, 6) is -3.58. The first-order valence-electron chi connectivity index (χ1n) is 10.5. The third-order valence-electron chi connectivity index (χ3n) is 5.69. The van der Waals surface area contributed by atoms with E-state index in [1.165, 1.54) is 43.4 Å². The number of aliphatic hydroxyl groups is 1. The second-order valence-corrected chi connectivity index (χ2v) is 7.75. The minimum absolute atomic E-state index is 0.0128. The Morgan fingerprint density at radius 2 is 1.80 bits per heavy atom. The van der Waals surface area contributed by atoms with Gasteiger partial charge in [-0.05, 0) is 47.5 Å². The van der Waals surface area contributed by atoms with Crippen molar-refractivity contribution >= 4 is 23.4 Å². The van der Waals surface area contributed by atoms with Crippen LogP contribution in [0, 0.1) is 5.82 Å². The molecule has 2 aromatic carbocycles. The Morgan fingerprint density at radius 1 is 1.09 bits per heavy atom. The minimum atomic E-state index is -0.993. The Bertz CT molecular complexity index is 1320. The van der Waals surface area contributed by atoms with Crippen LogP contribution in [0.5, 0.6) is 5.75 Å². The van der Waals surface area contributed by atoms with E-state index in [-0.39, 0.29) is 29.0 Å². The molecule has 1 saturated heterocycles. The first-order chi connectivity index (χ1) is 16.8. The highest BCUT2D eigenvalue weighted by atomic mass is 19.1. The van der Waals surface area contributed by atoms with E-state index in [0.29, 0.717) is 11.1 Å². The van der Waals surface area contributed by atoms with Crippen LogP contribution < -0.4 is 4.74 Å². The molecule has 1 aliphatic heterocycles. The fourth-order valence-corrected chi connectivity index (χ4v) is 3.97. The first kappa shape index (κ1) is 23.6. The van der Waals surface area contributed by atoms with Crippen LogP contribution in [-0.2, 0) is 20.9 Å². The van der Waals surface area contributed by atoms with Gasteiger partial charge >= 0.3 is 5.97 Å². The Hall–Kier alpha value is -4.53. The van der Waals surface area contributed by atoms with E-state index in [9.17, 15) is 23.9 Å². The zero-order valence-corrected chi connectivity index (χ0v) is 18.9. The Labute approximate surface area is 200 Å². The van der Waals surface area contributed by atoms with Gasteiger partial charge in [0.1, 0.15) is 5.76 Å². The predicted octanol–water partition coefficient (Wildman–Crippen LogP) is 3.64. The highest BCUT2D eigenvalue weighted by Gasteiger charge is 2.46. The number of rotatable bonds is 6. The van der Waals surface area contributed by atoms with E-state index in [4.69, 9.17) is 9.47 Å². The average Bonchev–Trinajstić information content (AvgIpc) is 3.13. The topological polar surface area (TPSA) is 106 Å². The van der Waals surface area contributed by atoms with Gasteiger partial charge in [-0.3, -0.25) is 14.6 Å². The molecule has 2 heterocycles. The second-order valence-electron chi connectivity index (χ2n) is 7.75. The lowest BCUT2D eigenvalue weighted by Crippen LogP contribution is -2.29. The van der Waals surface area contributed by atoms with Crippen LogP contribution in [0.3, 0.4) is 0 Å². The number of Topliss-reactive ketones (excluding diaryl/α,β-unsaturated/α-hetero) is 1. The second kappa shape index (κ2) is 9.76. The van der Waals surface area contributed by atoms with Crippen molar-refractivity contribution in [2.45, 2.75) is 12.6 Å². The number of esters is 1. The lowest BCUT2D eigenvalue weighted by molar-refractivity contribution is -0.140. The fourth-order valence-electron chi connectivity index (χ4n) is 3.97. The van der Waals surface area contributed by atoms with Gasteiger partial charge in [0.2, 0.25) is 0 Å². The van der Waals surface area contributed by atoms with Gasteiger partial charge in [0.15, 0.2) is 11.6 Å². The number of ether oxygens (including phenoxy) is 2. The molecule has 35 heavy (non-hydrogen) atoms. The summed E-state index contributed by atoms with van der Waals surface area (Å²) in [4.78, 5) is 43.4. The fraction of sp³-hybridized carbons (Fsp3) is 0.154. The number of hydrogen-bond donors (Lipinski definition) is 1. The molecule has 3 aromatic rings. The summed E-state index contributed by atoms with van der Waals surface area (Å²) in [5.41, 5.74) is 1.23. The van der Waals surface area contributed by atoms with Crippen molar-refractivity contribution in [1.29, 1.82) is 0 Å². The molecule has 0 aliphatic carbocycles. The zero-order valence-electron chi connectivity index (χ0n) is 18.9. The van der Waals surface area contributed by atoms with Crippen LogP contribution in [0.1, 0.15) is 33.1 Å². The molecule has 8 nitrogen and oxygen atoms in total. The van der Waals surface area contributed by atoms with Crippen molar-refractivity contribution in [2.24, 2.45) is 0 Å². The van der Waals surface area contributed by atoms with Crippen LogP contribution in [0.25, 0.3) is 5.76 Å². The number of amides is 1. The van der Waals surface area contributed by atoms with E-state index < -0.39 is 35.3 Å². The molecule has 9 heteroatoms. The average molecular weight is 476 g/mol. The van der Waals surface area contributed by atoms with Crippen molar-refractivity contribution in [3.63, 3.8) is 0 Å². The Balaban J connectivity index is 1.85. The third-order valence-corrected chi connectivity index (χ3v) is 5.69. The van der Waals surface area contributed by atoms with Crippen LogP contribution in [0.2, 0.25) is 0 Å². The smallest absolute Gasteiger partial charge is 0.337 e. The van der Waals surface area contributed by atoms with Crippen LogP contribution in [0.4, 0.5) is 4.39 Å². The number of carbonyl (C=O) groups is 3. The number of aromatic nitrogens is 1. The molecular weight excluding hydrogens is 455 g/mol. The quantitative estimate of drug-likeness (QED) is 0.251. The SMILES string of the molecule is COC(=O)c1ccc(C2C(=C(O)c3ccc(OC)c(F)c3)C(=O)C(=O)N2Cc2cccnc2)cc1. The zero-order chi connectivity index (χ0) is 25.1. The Morgan fingerprint density at radius 3 is 2.40 bits per heavy atom. The number of aliphatic hydroxyl groups excluding tert-OH is 1. The number of likely N-dealkylation sites (tertiary alicyclic amines) is 1. The summed E-state index contributed by atoms with van der Waals surface area (Å²) in [7, 11) is 2.56. The van der Waals surface area contributed by atoms with Gasteiger partial charge in [0, 0.05) is 24.5 Å². The largest absolute Gasteiger partial charge is 0.507 e. The molecular formula is C26H21FN2O6. The summed E-state index contributed by atoms with van der Waals surface area (Å²) in [6, 6.07) is 12.3. The maximum absolute atomic E-state index is 14.3. The van der Waals surface area contributed by atoms with Crippen molar-refractivity contribution in [3.05, 3.63) is 101 Å². The number of nitrogens with zero attached hydrogens (tertiary/aromatic N) is 2. The molecule has 0 spiro atoms. The van der Waals surface area contributed by atoms with Gasteiger partial charge < -0.3 is 19.5 Å². The number of methoxy groups -OCH3 is 2. The van der Waals surface area contributed by atoms with Gasteiger partial charge in [0.05, 0.1) is 31.4 Å². The van der Waals surface area contributed by atoms with E-state index in [1.54, 1.807) is 36.7 Å². The Kier molecular flexibility index (Phi) is 6.59. The van der Waals surface area contributed by atoms with Crippen molar-refractivity contribution in [3.8, 4) is 5.75 Å². The summed E-state index contributed by atoms with van der Waals surface area (Å²) < 4.78 is 24.0. The summed E-state index contributed by atoms with van der Waals surface area (Å²) in [5, 5.41) is 11.1. The van der Waals surface area contributed by atoms with Crippen molar-refractivity contribution in [1.82, 2.24) is 9.88 Å². The maximum Gasteiger partial charge on any atom is 0.337 e. The first-order valence-corrected chi connectivity index (χ1v) is 10.5. The highest BCUT2D eigenvalue weighted by Crippen LogP contribution is 2.40. The van der Waals surface area contributed by atoms with Crippen LogP contribution in [0.15, 0.2) is 72.6 Å². The molecule has 1 atom stereocenters. The number of benzene rings is 2. The number of carbonyl (C=O) groups excluding carboxylic acids is 3. The molecule has 1 aromatic heterocycles.